The van der Waals surface area contributed by atoms with Gasteiger partial charge in [-0.2, -0.15) is 0 Å². The molecule has 0 aliphatic carbocycles. The molecule has 0 atom stereocenters. The minimum Gasteiger partial charge on any atom is -0.459 e. The monoisotopic (exact) mass is 551 g/mol. The van der Waals surface area contributed by atoms with E-state index in [0.29, 0.717) is 12.3 Å². The second kappa shape index (κ2) is 11.2. The predicted octanol–water partition coefficient (Wildman–Crippen LogP) is 4.11. The number of nitrogens with one attached hydrogen (secondary N) is 2. The highest BCUT2D eigenvalue weighted by molar-refractivity contribution is 14.0. The highest BCUT2D eigenvalue weighted by Gasteiger charge is 2.20. The number of carbonyl (C=O) groups is 1. The number of nitrogens with zero attached hydrogens (tertiary/aromatic N) is 3. The average molecular weight is 551 g/mol. The van der Waals surface area contributed by atoms with Crippen LogP contribution in [0.4, 0.5) is 10.7 Å². The number of hydrogen-bond donors (Lipinski definition) is 2. The van der Waals surface area contributed by atoms with Crippen molar-refractivity contribution in [1.29, 1.82) is 0 Å². The Morgan fingerprint density at radius 1 is 1.10 bits per heavy atom. The van der Waals surface area contributed by atoms with Gasteiger partial charge >= 0.3 is 0 Å². The number of anilines is 2. The molecule has 2 N–H and O–H groups in total. The maximum Gasteiger partial charge on any atom is 0.291 e. The van der Waals surface area contributed by atoms with E-state index in [9.17, 15) is 4.79 Å². The van der Waals surface area contributed by atoms with Gasteiger partial charge in [-0.05, 0) is 47.3 Å². The molecule has 3 heterocycles. The molecule has 1 aliphatic heterocycles. The van der Waals surface area contributed by atoms with E-state index in [2.05, 4.69) is 42.9 Å². The summed E-state index contributed by atoms with van der Waals surface area (Å²) in [6.07, 6.45) is 1.48. The number of furan rings is 1. The van der Waals surface area contributed by atoms with Crippen LogP contribution in [-0.2, 0) is 6.54 Å². The van der Waals surface area contributed by atoms with E-state index in [0.717, 1.165) is 43.4 Å². The van der Waals surface area contributed by atoms with Gasteiger partial charge < -0.3 is 24.9 Å². The van der Waals surface area contributed by atoms with E-state index in [1.807, 2.05) is 31.3 Å². The maximum atomic E-state index is 12.0. The van der Waals surface area contributed by atoms with Gasteiger partial charge in [0, 0.05) is 45.5 Å². The first kappa shape index (κ1) is 23.1. The number of thiophene rings is 1. The molecule has 31 heavy (non-hydrogen) atoms. The molecule has 2 aromatic heterocycles. The van der Waals surface area contributed by atoms with Crippen molar-refractivity contribution >= 4 is 57.9 Å². The van der Waals surface area contributed by atoms with Crippen molar-refractivity contribution in [1.82, 2.24) is 10.2 Å². The molecule has 1 saturated heterocycles. The lowest BCUT2D eigenvalue weighted by atomic mass is 10.2. The van der Waals surface area contributed by atoms with E-state index >= 15 is 0 Å². The Morgan fingerprint density at radius 3 is 2.48 bits per heavy atom. The third-order valence-electron chi connectivity index (χ3n) is 5.02. The Hall–Kier alpha value is -2.53. The summed E-state index contributed by atoms with van der Waals surface area (Å²) in [7, 11) is 1.82. The van der Waals surface area contributed by atoms with Crippen LogP contribution in [0.3, 0.4) is 0 Å². The molecule has 0 radical (unpaired) electrons. The number of guanidine groups is 1. The number of carbonyl (C=O) groups excluding carboxylic acids is 1. The van der Waals surface area contributed by atoms with Crippen LogP contribution in [0.15, 0.2) is 69.6 Å². The van der Waals surface area contributed by atoms with Crippen LogP contribution >= 0.6 is 35.3 Å². The SMILES string of the molecule is CN=C(NCc1ccc(NC(=O)c2ccco2)cc1)N1CCN(c2cccs2)CC1.I. The molecule has 164 valence electrons. The maximum absolute atomic E-state index is 12.0. The third kappa shape index (κ3) is 6.01. The lowest BCUT2D eigenvalue weighted by molar-refractivity contribution is 0.0996. The Kier molecular flexibility index (Phi) is 8.35. The minimum atomic E-state index is -0.257. The number of amides is 1. The second-order valence-corrected chi connectivity index (χ2v) is 7.88. The zero-order valence-corrected chi connectivity index (χ0v) is 20.4. The molecular formula is C22H26IN5O2S. The van der Waals surface area contributed by atoms with Crippen molar-refractivity contribution in [3.63, 3.8) is 0 Å². The smallest absolute Gasteiger partial charge is 0.291 e. The lowest BCUT2D eigenvalue weighted by Crippen LogP contribution is -2.52. The first-order chi connectivity index (χ1) is 14.7. The number of aliphatic imine (C=N–C) groups is 1. The van der Waals surface area contributed by atoms with Gasteiger partial charge in [-0.15, -0.1) is 35.3 Å². The zero-order chi connectivity index (χ0) is 20.8. The summed E-state index contributed by atoms with van der Waals surface area (Å²) in [5, 5.41) is 9.72. The summed E-state index contributed by atoms with van der Waals surface area (Å²) in [6.45, 7) is 4.53. The van der Waals surface area contributed by atoms with Crippen molar-refractivity contribution in [2.45, 2.75) is 6.54 Å². The fourth-order valence-electron chi connectivity index (χ4n) is 3.41. The second-order valence-electron chi connectivity index (χ2n) is 6.95. The Bertz CT molecular complexity index is 966. The molecule has 0 spiro atoms. The van der Waals surface area contributed by atoms with Crippen molar-refractivity contribution in [2.75, 3.05) is 43.4 Å². The Morgan fingerprint density at radius 2 is 1.87 bits per heavy atom. The summed E-state index contributed by atoms with van der Waals surface area (Å²) in [4.78, 5) is 21.2. The first-order valence-electron chi connectivity index (χ1n) is 9.91. The summed E-state index contributed by atoms with van der Waals surface area (Å²) >= 11 is 1.79. The number of hydrogen-bond acceptors (Lipinski definition) is 5. The molecule has 1 fully saturated rings. The summed E-state index contributed by atoms with van der Waals surface area (Å²) in [6, 6.07) is 15.4. The molecule has 0 bridgehead atoms. The quantitative estimate of drug-likeness (QED) is 0.284. The van der Waals surface area contributed by atoms with E-state index in [1.165, 1.54) is 11.3 Å². The van der Waals surface area contributed by atoms with Gasteiger partial charge in [0.25, 0.3) is 5.91 Å². The molecule has 0 saturated carbocycles. The fourth-order valence-corrected chi connectivity index (χ4v) is 4.19. The van der Waals surface area contributed by atoms with Crippen LogP contribution in [0.2, 0.25) is 0 Å². The summed E-state index contributed by atoms with van der Waals surface area (Å²) < 4.78 is 5.11. The lowest BCUT2D eigenvalue weighted by Gasteiger charge is -2.37. The van der Waals surface area contributed by atoms with Crippen LogP contribution in [0.1, 0.15) is 16.1 Å². The largest absolute Gasteiger partial charge is 0.459 e. The topological polar surface area (TPSA) is 73.1 Å². The van der Waals surface area contributed by atoms with Crippen LogP contribution in [-0.4, -0.2) is 50.0 Å². The Labute approximate surface area is 203 Å². The highest BCUT2D eigenvalue weighted by Crippen LogP contribution is 2.22. The third-order valence-corrected chi connectivity index (χ3v) is 5.95. The van der Waals surface area contributed by atoms with E-state index in [4.69, 9.17) is 4.42 Å². The van der Waals surface area contributed by atoms with Gasteiger partial charge in [-0.3, -0.25) is 9.79 Å². The molecule has 1 amide bonds. The van der Waals surface area contributed by atoms with Gasteiger partial charge in [0.1, 0.15) is 0 Å². The van der Waals surface area contributed by atoms with Gasteiger partial charge in [0.05, 0.1) is 11.3 Å². The van der Waals surface area contributed by atoms with Crippen molar-refractivity contribution < 1.29 is 9.21 Å². The molecule has 7 nitrogen and oxygen atoms in total. The number of halogens is 1. The van der Waals surface area contributed by atoms with E-state index in [-0.39, 0.29) is 29.9 Å². The number of rotatable bonds is 5. The van der Waals surface area contributed by atoms with Crippen molar-refractivity contribution in [2.24, 2.45) is 4.99 Å². The predicted molar refractivity (Wildman–Crippen MR) is 137 cm³/mol. The minimum absolute atomic E-state index is 0. The molecular weight excluding hydrogens is 525 g/mol. The molecule has 0 unspecified atom stereocenters. The molecule has 1 aliphatic rings. The highest BCUT2D eigenvalue weighted by atomic mass is 127. The van der Waals surface area contributed by atoms with Crippen LogP contribution < -0.4 is 15.5 Å². The normalized spacial score (nSPS) is 14.2. The fraction of sp³-hybridized carbons (Fsp3) is 0.273. The Balaban J connectivity index is 0.00000272. The molecule has 4 rings (SSSR count). The van der Waals surface area contributed by atoms with Gasteiger partial charge in [-0.1, -0.05) is 12.1 Å². The molecule has 9 heteroatoms. The van der Waals surface area contributed by atoms with E-state index < -0.39 is 0 Å². The van der Waals surface area contributed by atoms with Gasteiger partial charge in [-0.25, -0.2) is 0 Å². The van der Waals surface area contributed by atoms with Crippen LogP contribution in [0.5, 0.6) is 0 Å². The first-order valence-corrected chi connectivity index (χ1v) is 10.8. The number of benzene rings is 1. The van der Waals surface area contributed by atoms with Crippen molar-refractivity contribution in [3.8, 4) is 0 Å². The van der Waals surface area contributed by atoms with Gasteiger partial charge in [0.15, 0.2) is 11.7 Å². The summed E-state index contributed by atoms with van der Waals surface area (Å²) in [5.41, 5.74) is 1.85. The summed E-state index contributed by atoms with van der Waals surface area (Å²) in [5.74, 6) is 0.952. The number of piperazine rings is 1. The zero-order valence-electron chi connectivity index (χ0n) is 17.3. The van der Waals surface area contributed by atoms with Crippen LogP contribution in [0, 0.1) is 0 Å². The average Bonchev–Trinajstić information content (AvgIpc) is 3.50. The van der Waals surface area contributed by atoms with Crippen LogP contribution in [0.25, 0.3) is 0 Å². The van der Waals surface area contributed by atoms with Crippen molar-refractivity contribution in [3.05, 3.63) is 71.5 Å². The molecule has 1 aromatic carbocycles. The standard InChI is InChI=1S/C22H25N5O2S.HI/c1-23-22(27-12-10-26(11-13-27)20-5-3-15-30-20)24-16-17-6-8-18(9-7-17)25-21(28)19-4-2-14-29-19;/h2-9,14-15H,10-13,16H2,1H3,(H,23,24)(H,25,28);1H. The molecule has 3 aromatic rings. The van der Waals surface area contributed by atoms with E-state index in [1.54, 1.807) is 23.5 Å². The van der Waals surface area contributed by atoms with Gasteiger partial charge in [0.2, 0.25) is 0 Å².